The van der Waals surface area contributed by atoms with E-state index in [-0.39, 0.29) is 50.1 Å². The van der Waals surface area contributed by atoms with Gasteiger partial charge in [-0.05, 0) is 32.9 Å². The number of piperazine rings is 1. The number of hydrogen-bond donors (Lipinski definition) is 4. The highest BCUT2D eigenvalue weighted by Crippen LogP contribution is 2.18. The fraction of sp³-hybridized carbons (Fsp3) is 0.818. The summed E-state index contributed by atoms with van der Waals surface area (Å²) in [6, 6.07) is 0.415. The Morgan fingerprint density at radius 3 is 2.06 bits per heavy atom. The molecule has 2 rings (SSSR count). The van der Waals surface area contributed by atoms with Gasteiger partial charge < -0.3 is 26.0 Å². The van der Waals surface area contributed by atoms with Crippen molar-refractivity contribution in [2.24, 2.45) is 0 Å². The molecular weight excluding hydrogens is 442 g/mol. The van der Waals surface area contributed by atoms with E-state index in [1.807, 2.05) is 0 Å². The average Bonchev–Trinajstić information content (AvgIpc) is 3.19. The van der Waals surface area contributed by atoms with Crippen LogP contribution in [0, 0.1) is 0 Å². The number of likely N-dealkylation sites (N-methyl/N-ethyl adjacent to an activating group) is 1. The highest BCUT2D eigenvalue weighted by molar-refractivity contribution is 5.81. The third-order valence-corrected chi connectivity index (χ3v) is 6.15. The summed E-state index contributed by atoms with van der Waals surface area (Å²) in [6.07, 6.45) is 2.92. The first-order valence-electron chi connectivity index (χ1n) is 12.0. The molecule has 0 aromatic rings. The lowest BCUT2D eigenvalue weighted by Crippen LogP contribution is -2.50. The van der Waals surface area contributed by atoms with E-state index < -0.39 is 5.97 Å². The molecule has 33 heavy (non-hydrogen) atoms. The molecule has 1 unspecified atom stereocenters. The van der Waals surface area contributed by atoms with Gasteiger partial charge in [0.15, 0.2) is 0 Å². The highest BCUT2D eigenvalue weighted by atomic mass is 16.4. The summed E-state index contributed by atoms with van der Waals surface area (Å²) in [4.78, 5) is 53.4. The summed E-state index contributed by atoms with van der Waals surface area (Å²) >= 11 is 0. The van der Waals surface area contributed by atoms with E-state index in [0.717, 1.165) is 52.1 Å². The molecule has 2 aliphatic rings. The Kier molecular flexibility index (Phi) is 12.1. The quantitative estimate of drug-likeness (QED) is 0.136. The number of hydrogen-bond acceptors (Lipinski definition) is 7. The third kappa shape index (κ3) is 11.4. The zero-order valence-electron chi connectivity index (χ0n) is 19.8. The largest absolute Gasteiger partial charge is 0.481 e. The van der Waals surface area contributed by atoms with Crippen molar-refractivity contribution in [2.75, 3.05) is 72.5 Å². The number of nitrogens with zero attached hydrogens (tertiary/aromatic N) is 3. The van der Waals surface area contributed by atoms with Crippen molar-refractivity contribution in [1.82, 2.24) is 30.7 Å². The fourth-order valence-electron chi connectivity index (χ4n) is 4.15. The minimum absolute atomic E-state index is 0.0113. The lowest BCUT2D eigenvalue weighted by molar-refractivity contribution is -0.137. The van der Waals surface area contributed by atoms with E-state index in [0.29, 0.717) is 25.6 Å². The minimum atomic E-state index is -0.894. The molecule has 0 aromatic carbocycles. The molecule has 188 valence electrons. The molecule has 11 nitrogen and oxygen atoms in total. The molecule has 0 bridgehead atoms. The van der Waals surface area contributed by atoms with Crippen LogP contribution >= 0.6 is 0 Å². The Hall–Kier alpha value is -2.24. The van der Waals surface area contributed by atoms with Crippen LogP contribution in [-0.2, 0) is 19.2 Å². The van der Waals surface area contributed by atoms with Crippen molar-refractivity contribution < 1.29 is 24.3 Å². The van der Waals surface area contributed by atoms with Gasteiger partial charge in [0.1, 0.15) is 0 Å². The maximum atomic E-state index is 12.3. The van der Waals surface area contributed by atoms with Gasteiger partial charge in [0, 0.05) is 77.7 Å². The Morgan fingerprint density at radius 1 is 0.818 bits per heavy atom. The summed E-state index contributed by atoms with van der Waals surface area (Å²) < 4.78 is 0. The maximum absolute atomic E-state index is 12.3. The first kappa shape index (κ1) is 27.0. The van der Waals surface area contributed by atoms with Crippen molar-refractivity contribution >= 4 is 23.7 Å². The Labute approximate surface area is 196 Å². The van der Waals surface area contributed by atoms with Crippen LogP contribution in [0.25, 0.3) is 0 Å². The number of carboxylic acid groups (broad SMARTS) is 1. The Bertz CT molecular complexity index is 653. The first-order chi connectivity index (χ1) is 15.8. The molecular formula is C22H40N6O5. The second-order valence-electron chi connectivity index (χ2n) is 8.92. The van der Waals surface area contributed by atoms with Gasteiger partial charge in [-0.3, -0.25) is 29.0 Å². The number of carbonyl (C=O) groups is 4. The van der Waals surface area contributed by atoms with E-state index in [9.17, 15) is 19.2 Å². The lowest BCUT2D eigenvalue weighted by atomic mass is 10.3. The SMILES string of the molecule is [13CH3]N1CCN([13CH2]C2CCCN2C[13C](=O)[15NH][13CH2][13CH2][13C](=O)[15NH][13CH2][13CH2][13C](=O)[15NH]CCCC(=O)O)[13CH2][13CH2]1. The molecule has 2 heterocycles. The van der Waals surface area contributed by atoms with Crippen LogP contribution < -0.4 is 16.0 Å². The highest BCUT2D eigenvalue weighted by Gasteiger charge is 2.28. The monoisotopic (exact) mass is 482 g/mol. The number of nitrogens with one attached hydrogen (secondary N) is 3. The van der Waals surface area contributed by atoms with Crippen molar-refractivity contribution in [1.29, 1.82) is 0 Å². The second kappa shape index (κ2) is 14.8. The zero-order valence-corrected chi connectivity index (χ0v) is 19.8. The molecule has 11 heteroatoms. The van der Waals surface area contributed by atoms with Crippen LogP contribution in [0.3, 0.4) is 0 Å². The third-order valence-electron chi connectivity index (χ3n) is 6.15. The van der Waals surface area contributed by atoms with Gasteiger partial charge in [-0.15, -0.1) is 0 Å². The van der Waals surface area contributed by atoms with E-state index >= 15 is 0 Å². The van der Waals surface area contributed by atoms with E-state index in [1.165, 1.54) is 0 Å². The number of amides is 3. The van der Waals surface area contributed by atoms with Crippen molar-refractivity contribution in [2.45, 2.75) is 44.6 Å². The van der Waals surface area contributed by atoms with Crippen LogP contribution in [0.1, 0.15) is 38.5 Å². The molecule has 0 radical (unpaired) electrons. The van der Waals surface area contributed by atoms with Crippen LogP contribution in [0.5, 0.6) is 0 Å². The van der Waals surface area contributed by atoms with Crippen LogP contribution in [-0.4, -0.2) is 122 Å². The summed E-state index contributed by atoms with van der Waals surface area (Å²) in [7, 11) is 2.15. The van der Waals surface area contributed by atoms with Gasteiger partial charge in [-0.1, -0.05) is 0 Å². The molecule has 0 aromatic heterocycles. The lowest BCUT2D eigenvalue weighted by Gasteiger charge is -2.36. The number of carboxylic acids is 1. The fourth-order valence-corrected chi connectivity index (χ4v) is 4.15. The Morgan fingerprint density at radius 2 is 1.42 bits per heavy atom. The normalized spacial score (nSPS) is 19.8. The number of likely N-dealkylation sites (tertiary alicyclic amines) is 1. The van der Waals surface area contributed by atoms with Crippen LogP contribution in [0.4, 0.5) is 0 Å². The molecule has 1 atom stereocenters. The first-order valence-corrected chi connectivity index (χ1v) is 12.0. The smallest absolute Gasteiger partial charge is 0.303 e. The summed E-state index contributed by atoms with van der Waals surface area (Å²) in [5, 5.41) is 16.6. The van der Waals surface area contributed by atoms with E-state index in [1.54, 1.807) is 0 Å². The zero-order chi connectivity index (χ0) is 24.1. The van der Waals surface area contributed by atoms with Crippen molar-refractivity contribution in [3.63, 3.8) is 0 Å². The molecule has 3 amide bonds. The molecule has 2 saturated heterocycles. The Balaban J connectivity index is 1.52. The molecule has 2 fully saturated rings. The topological polar surface area (TPSA) is 134 Å². The van der Waals surface area contributed by atoms with Crippen LogP contribution in [0.2, 0.25) is 0 Å². The standard InChI is InChI=1S/C22H40N6O5/c1-26-12-14-27(15-13-26)16-18-4-3-11-28(18)17-21(31)25-10-7-20(30)24-9-6-19(29)23-8-2-5-22(32)33/h18H,2-17H2,1H3,(H,23,29)(H,24,30)(H,25,31)(H,32,33)/i1+1,6+1,7+1,9+1,10+1,12+1,14+1,16+1,19+1,20+1,21+1,23+1,24+1,25+1. The predicted octanol–water partition coefficient (Wildman–Crippen LogP) is -1.31. The van der Waals surface area contributed by atoms with Crippen LogP contribution in [0.15, 0.2) is 0 Å². The van der Waals surface area contributed by atoms with Gasteiger partial charge in [-0.25, -0.2) is 0 Å². The van der Waals surface area contributed by atoms with Crippen molar-refractivity contribution in [3.8, 4) is 0 Å². The summed E-state index contributed by atoms with van der Waals surface area (Å²) in [5.74, 6) is -1.41. The number of aliphatic carboxylic acids is 1. The molecule has 4 N–H and O–H groups in total. The van der Waals surface area contributed by atoms with Gasteiger partial charge in [0.25, 0.3) is 0 Å². The number of rotatable bonds is 14. The number of carbonyl (C=O) groups excluding carboxylic acids is 3. The van der Waals surface area contributed by atoms with Gasteiger partial charge in [-0.2, -0.15) is 0 Å². The predicted molar refractivity (Wildman–Crippen MR) is 124 cm³/mol. The summed E-state index contributed by atoms with van der Waals surface area (Å²) in [5.41, 5.74) is 0. The van der Waals surface area contributed by atoms with E-state index in [2.05, 4.69) is 37.7 Å². The second-order valence-corrected chi connectivity index (χ2v) is 8.92. The van der Waals surface area contributed by atoms with Gasteiger partial charge in [0.05, 0.1) is 6.54 Å². The van der Waals surface area contributed by atoms with Gasteiger partial charge in [0.2, 0.25) is 17.7 Å². The molecule has 0 aliphatic carbocycles. The van der Waals surface area contributed by atoms with Crippen molar-refractivity contribution in [3.05, 3.63) is 0 Å². The van der Waals surface area contributed by atoms with E-state index in [4.69, 9.17) is 5.11 Å². The van der Waals surface area contributed by atoms with Gasteiger partial charge >= 0.3 is 5.97 Å². The molecule has 0 saturated carbocycles. The summed E-state index contributed by atoms with van der Waals surface area (Å²) in [6.45, 7) is 7.42. The molecule has 2 aliphatic heterocycles. The minimum Gasteiger partial charge on any atom is -0.481 e. The maximum Gasteiger partial charge on any atom is 0.303 e. The average molecular weight is 482 g/mol. The molecule has 0 spiro atoms.